The van der Waals surface area contributed by atoms with E-state index >= 15 is 0 Å². The number of nitrogens with zero attached hydrogens (tertiary/aromatic N) is 1. The third kappa shape index (κ3) is 2.33. The second-order valence-corrected chi connectivity index (χ2v) is 8.80. The number of ether oxygens (including phenoxy) is 2. The van der Waals surface area contributed by atoms with Gasteiger partial charge in [0.2, 0.25) is 12.7 Å². The van der Waals surface area contributed by atoms with Crippen LogP contribution >= 0.6 is 31.9 Å². The molecular formula is C13H12Br2N2O3. The van der Waals surface area contributed by atoms with Crippen molar-refractivity contribution in [3.8, 4) is 11.5 Å². The minimum absolute atomic E-state index is 0.122. The minimum atomic E-state index is -0.473. The highest BCUT2D eigenvalue weighted by molar-refractivity contribution is 9.25. The van der Waals surface area contributed by atoms with Gasteiger partial charge >= 0.3 is 0 Å². The maximum absolute atomic E-state index is 12.0. The molecule has 1 amide bonds. The van der Waals surface area contributed by atoms with E-state index in [1.54, 1.807) is 6.21 Å². The fourth-order valence-electron chi connectivity index (χ4n) is 1.93. The summed E-state index contributed by atoms with van der Waals surface area (Å²) in [6, 6.07) is 5.48. The lowest BCUT2D eigenvalue weighted by molar-refractivity contribution is -0.125. The van der Waals surface area contributed by atoms with E-state index in [1.807, 2.05) is 25.1 Å². The number of amides is 1. The zero-order chi connectivity index (χ0) is 14.4. The van der Waals surface area contributed by atoms with E-state index < -0.39 is 5.41 Å². The Bertz CT molecular complexity index is 603. The van der Waals surface area contributed by atoms with E-state index in [4.69, 9.17) is 9.47 Å². The van der Waals surface area contributed by atoms with Gasteiger partial charge in [-0.05, 0) is 37.1 Å². The van der Waals surface area contributed by atoms with Gasteiger partial charge < -0.3 is 9.47 Å². The molecule has 1 heterocycles. The molecule has 20 heavy (non-hydrogen) atoms. The first-order valence-electron chi connectivity index (χ1n) is 6.03. The summed E-state index contributed by atoms with van der Waals surface area (Å²) in [7, 11) is 0. The SMILES string of the molecule is CC1(C(=O)N/N=C\c2ccc3c(c2)OCO3)CC1(Br)Br. The number of hydrazone groups is 1. The Labute approximate surface area is 133 Å². The zero-order valence-electron chi connectivity index (χ0n) is 10.7. The summed E-state index contributed by atoms with van der Waals surface area (Å²) in [6.07, 6.45) is 2.31. The molecule has 1 aromatic carbocycles. The molecule has 1 aliphatic heterocycles. The Balaban J connectivity index is 1.63. The van der Waals surface area contributed by atoms with Crippen LogP contribution in [0.4, 0.5) is 0 Å². The van der Waals surface area contributed by atoms with Crippen LogP contribution in [0.25, 0.3) is 0 Å². The van der Waals surface area contributed by atoms with Gasteiger partial charge in [-0.15, -0.1) is 0 Å². The number of hydrogen-bond donors (Lipinski definition) is 1. The average Bonchev–Trinajstić information content (AvgIpc) is 2.77. The lowest BCUT2D eigenvalue weighted by atomic mass is 10.1. The molecule has 5 nitrogen and oxygen atoms in total. The molecule has 2 aliphatic rings. The van der Waals surface area contributed by atoms with Crippen LogP contribution in [0.15, 0.2) is 23.3 Å². The molecule has 106 valence electrons. The topological polar surface area (TPSA) is 59.9 Å². The van der Waals surface area contributed by atoms with Crippen molar-refractivity contribution in [3.05, 3.63) is 23.8 Å². The fraction of sp³-hybridized carbons (Fsp3) is 0.385. The van der Waals surface area contributed by atoms with Crippen molar-refractivity contribution < 1.29 is 14.3 Å². The number of alkyl halides is 2. The second-order valence-electron chi connectivity index (χ2n) is 5.03. The first-order valence-corrected chi connectivity index (χ1v) is 7.62. The monoisotopic (exact) mass is 402 g/mol. The van der Waals surface area contributed by atoms with Crippen LogP contribution in [0.1, 0.15) is 18.9 Å². The van der Waals surface area contributed by atoms with Crippen LogP contribution < -0.4 is 14.9 Å². The number of fused-ring (bicyclic) bond motifs is 1. The standard InChI is InChI=1S/C13H12Br2N2O3/c1-12(6-13(12,14)15)11(18)17-16-5-8-2-3-9-10(4-8)20-7-19-9/h2-5H,6-7H2,1H3,(H,17,18)/b16-5-. The van der Waals surface area contributed by atoms with Crippen LogP contribution in [0.2, 0.25) is 0 Å². The van der Waals surface area contributed by atoms with E-state index in [0.29, 0.717) is 5.75 Å². The van der Waals surface area contributed by atoms with Gasteiger partial charge in [0, 0.05) is 0 Å². The molecule has 1 saturated carbocycles. The molecule has 0 saturated heterocycles. The summed E-state index contributed by atoms with van der Waals surface area (Å²) in [4.78, 5) is 12.0. The van der Waals surface area contributed by atoms with Crippen molar-refractivity contribution >= 4 is 44.0 Å². The molecule has 1 aliphatic carbocycles. The van der Waals surface area contributed by atoms with E-state index in [-0.39, 0.29) is 15.9 Å². The number of halogens is 2. The van der Waals surface area contributed by atoms with Gasteiger partial charge in [-0.25, -0.2) is 5.43 Å². The number of carbonyl (C=O) groups excluding carboxylic acids is 1. The number of carbonyl (C=O) groups is 1. The van der Waals surface area contributed by atoms with E-state index in [1.165, 1.54) is 0 Å². The first-order chi connectivity index (χ1) is 9.42. The molecule has 1 N–H and O–H groups in total. The number of rotatable bonds is 3. The Hall–Kier alpha value is -1.08. The summed E-state index contributed by atoms with van der Waals surface area (Å²) in [5, 5.41) is 3.98. The largest absolute Gasteiger partial charge is 0.454 e. The van der Waals surface area contributed by atoms with Gasteiger partial charge in [-0.3, -0.25) is 4.79 Å². The van der Waals surface area contributed by atoms with Crippen molar-refractivity contribution in [2.75, 3.05) is 6.79 Å². The summed E-state index contributed by atoms with van der Waals surface area (Å²) < 4.78 is 10.2. The van der Waals surface area contributed by atoms with Gasteiger partial charge in [0.1, 0.15) is 0 Å². The normalized spacial score (nSPS) is 25.8. The number of benzene rings is 1. The average molecular weight is 404 g/mol. The zero-order valence-corrected chi connectivity index (χ0v) is 13.8. The van der Waals surface area contributed by atoms with Gasteiger partial charge in [0.05, 0.1) is 14.9 Å². The summed E-state index contributed by atoms with van der Waals surface area (Å²) in [6.45, 7) is 2.12. The molecular weight excluding hydrogens is 392 g/mol. The molecule has 1 fully saturated rings. The molecule has 0 radical (unpaired) electrons. The molecule has 0 bridgehead atoms. The second kappa shape index (κ2) is 4.73. The lowest BCUT2D eigenvalue weighted by Gasteiger charge is -2.09. The highest BCUT2D eigenvalue weighted by Gasteiger charge is 2.66. The number of hydrogen-bond acceptors (Lipinski definition) is 4. The Kier molecular flexibility index (Phi) is 3.29. The van der Waals surface area contributed by atoms with Crippen molar-refractivity contribution in [1.29, 1.82) is 0 Å². The molecule has 1 aromatic rings. The third-order valence-electron chi connectivity index (χ3n) is 3.54. The Morgan fingerprint density at radius 2 is 2.10 bits per heavy atom. The maximum atomic E-state index is 12.0. The third-order valence-corrected chi connectivity index (χ3v) is 5.85. The fourth-order valence-corrected chi connectivity index (χ4v) is 3.41. The Morgan fingerprint density at radius 1 is 1.40 bits per heavy atom. The van der Waals surface area contributed by atoms with Crippen LogP contribution in [0, 0.1) is 5.41 Å². The molecule has 1 atom stereocenters. The smallest absolute Gasteiger partial charge is 0.248 e. The molecule has 1 unspecified atom stereocenters. The summed E-state index contributed by atoms with van der Waals surface area (Å²) >= 11 is 6.91. The van der Waals surface area contributed by atoms with Crippen LogP contribution in [0.3, 0.4) is 0 Å². The minimum Gasteiger partial charge on any atom is -0.454 e. The van der Waals surface area contributed by atoms with Gasteiger partial charge in [0.15, 0.2) is 11.5 Å². The molecule has 3 rings (SSSR count). The Morgan fingerprint density at radius 3 is 2.80 bits per heavy atom. The number of nitrogens with one attached hydrogen (secondary N) is 1. The molecule has 7 heteroatoms. The predicted octanol–water partition coefficient (Wildman–Crippen LogP) is 2.76. The highest BCUT2D eigenvalue weighted by atomic mass is 79.9. The van der Waals surface area contributed by atoms with Gasteiger partial charge in [-0.1, -0.05) is 31.9 Å². The summed E-state index contributed by atoms with van der Waals surface area (Å²) in [5.41, 5.74) is 2.92. The first kappa shape index (κ1) is 13.9. The van der Waals surface area contributed by atoms with Gasteiger partial charge in [0.25, 0.3) is 0 Å². The van der Waals surface area contributed by atoms with Crippen molar-refractivity contribution in [1.82, 2.24) is 5.43 Å². The van der Waals surface area contributed by atoms with Crippen LogP contribution in [0.5, 0.6) is 11.5 Å². The highest BCUT2D eigenvalue weighted by Crippen LogP contribution is 2.66. The van der Waals surface area contributed by atoms with E-state index in [9.17, 15) is 4.79 Å². The maximum Gasteiger partial charge on any atom is 0.248 e. The molecule has 0 spiro atoms. The van der Waals surface area contributed by atoms with Crippen LogP contribution in [-0.4, -0.2) is 22.1 Å². The van der Waals surface area contributed by atoms with Crippen molar-refractivity contribution in [3.63, 3.8) is 0 Å². The molecule has 0 aromatic heterocycles. The van der Waals surface area contributed by atoms with Crippen molar-refractivity contribution in [2.24, 2.45) is 10.5 Å². The van der Waals surface area contributed by atoms with Crippen molar-refractivity contribution in [2.45, 2.75) is 16.6 Å². The van der Waals surface area contributed by atoms with E-state index in [2.05, 4.69) is 42.4 Å². The predicted molar refractivity (Wildman–Crippen MR) is 81.6 cm³/mol. The quantitative estimate of drug-likeness (QED) is 0.479. The lowest BCUT2D eigenvalue weighted by Crippen LogP contribution is -2.29. The van der Waals surface area contributed by atoms with Crippen LogP contribution in [-0.2, 0) is 4.79 Å². The van der Waals surface area contributed by atoms with E-state index in [0.717, 1.165) is 17.7 Å². The van der Waals surface area contributed by atoms with Gasteiger partial charge in [-0.2, -0.15) is 5.10 Å². The summed E-state index contributed by atoms with van der Waals surface area (Å²) in [5.74, 6) is 1.29.